The number of hydrogen-bond donors (Lipinski definition) is 1. The molecule has 0 aliphatic carbocycles. The molecule has 0 radical (unpaired) electrons. The molecule has 0 aliphatic rings. The Balaban J connectivity index is 2.18. The number of nitrogens with one attached hydrogen (secondary N) is 1. The topological polar surface area (TPSA) is 76.6 Å². The van der Waals surface area contributed by atoms with Crippen LogP contribution in [0.4, 0.5) is 5.82 Å². The highest BCUT2D eigenvalue weighted by molar-refractivity contribution is 5.94. The number of esters is 1. The molecule has 7 heteroatoms. The lowest BCUT2D eigenvalue weighted by molar-refractivity contribution is 0.0526. The SMILES string of the molecule is CCOC(=O)c1cnc(-c2ccc(OC)cc2)nc1NCCCN(CC)CC. The minimum Gasteiger partial charge on any atom is -0.497 e. The summed E-state index contributed by atoms with van der Waals surface area (Å²) in [4.78, 5) is 23.6. The standard InChI is InChI=1S/C21H30N4O3/c1-5-25(6-2)14-8-13-22-20-18(21(26)28-7-3)15-23-19(24-20)16-9-11-17(27-4)12-10-16/h9-12,15H,5-8,13-14H2,1-4H3,(H,22,23,24). The minimum absolute atomic E-state index is 0.306. The molecule has 2 rings (SSSR count). The fourth-order valence-corrected chi connectivity index (χ4v) is 2.80. The summed E-state index contributed by atoms with van der Waals surface area (Å²) < 4.78 is 10.3. The minimum atomic E-state index is -0.421. The second-order valence-corrected chi connectivity index (χ2v) is 6.21. The molecule has 1 N–H and O–H groups in total. The first-order valence-corrected chi connectivity index (χ1v) is 9.77. The molecule has 0 atom stereocenters. The van der Waals surface area contributed by atoms with Crippen molar-refractivity contribution in [1.29, 1.82) is 0 Å². The van der Waals surface area contributed by atoms with E-state index in [-0.39, 0.29) is 0 Å². The summed E-state index contributed by atoms with van der Waals surface area (Å²) in [6, 6.07) is 7.50. The Morgan fingerprint density at radius 2 is 1.86 bits per heavy atom. The number of aromatic nitrogens is 2. The molecule has 152 valence electrons. The molecular weight excluding hydrogens is 356 g/mol. The van der Waals surface area contributed by atoms with Crippen molar-refractivity contribution in [2.45, 2.75) is 27.2 Å². The Labute approximate surface area is 167 Å². The van der Waals surface area contributed by atoms with E-state index in [1.807, 2.05) is 24.3 Å². The average molecular weight is 386 g/mol. The maximum atomic E-state index is 12.3. The van der Waals surface area contributed by atoms with Crippen LogP contribution in [0.1, 0.15) is 37.6 Å². The summed E-state index contributed by atoms with van der Waals surface area (Å²) in [5, 5.41) is 3.29. The molecule has 0 aliphatic heterocycles. The average Bonchev–Trinajstić information content (AvgIpc) is 2.74. The molecule has 1 aromatic carbocycles. The third-order valence-corrected chi connectivity index (χ3v) is 4.47. The van der Waals surface area contributed by atoms with Gasteiger partial charge in [-0.2, -0.15) is 0 Å². The maximum Gasteiger partial charge on any atom is 0.343 e. The van der Waals surface area contributed by atoms with Crippen molar-refractivity contribution < 1.29 is 14.3 Å². The normalized spacial score (nSPS) is 10.8. The zero-order valence-electron chi connectivity index (χ0n) is 17.2. The van der Waals surface area contributed by atoms with E-state index >= 15 is 0 Å². The molecule has 0 bridgehead atoms. The second-order valence-electron chi connectivity index (χ2n) is 6.21. The van der Waals surface area contributed by atoms with Crippen LogP contribution < -0.4 is 10.1 Å². The largest absolute Gasteiger partial charge is 0.497 e. The van der Waals surface area contributed by atoms with Crippen LogP contribution in [0.15, 0.2) is 30.5 Å². The van der Waals surface area contributed by atoms with Gasteiger partial charge in [-0.3, -0.25) is 0 Å². The highest BCUT2D eigenvalue weighted by Gasteiger charge is 2.16. The van der Waals surface area contributed by atoms with Crippen molar-refractivity contribution in [1.82, 2.24) is 14.9 Å². The lowest BCUT2D eigenvalue weighted by Crippen LogP contribution is -2.25. The van der Waals surface area contributed by atoms with Gasteiger partial charge in [0.1, 0.15) is 17.1 Å². The van der Waals surface area contributed by atoms with Crippen LogP contribution in [0.3, 0.4) is 0 Å². The van der Waals surface area contributed by atoms with E-state index in [4.69, 9.17) is 9.47 Å². The van der Waals surface area contributed by atoms with Crippen molar-refractivity contribution >= 4 is 11.8 Å². The van der Waals surface area contributed by atoms with Crippen LogP contribution in [-0.4, -0.2) is 60.7 Å². The number of benzene rings is 1. The highest BCUT2D eigenvalue weighted by Crippen LogP contribution is 2.22. The first-order chi connectivity index (χ1) is 13.6. The summed E-state index contributed by atoms with van der Waals surface area (Å²) in [7, 11) is 1.62. The molecule has 1 aromatic heterocycles. The quantitative estimate of drug-likeness (QED) is 0.468. The van der Waals surface area contributed by atoms with Crippen LogP contribution in [0, 0.1) is 0 Å². The van der Waals surface area contributed by atoms with Crippen LogP contribution in [0.2, 0.25) is 0 Å². The molecular formula is C21H30N4O3. The number of anilines is 1. The fraction of sp³-hybridized carbons (Fsp3) is 0.476. The third kappa shape index (κ3) is 5.92. The number of carbonyl (C=O) groups excluding carboxylic acids is 1. The maximum absolute atomic E-state index is 12.3. The Hall–Kier alpha value is -2.67. The number of rotatable bonds is 11. The van der Waals surface area contributed by atoms with Gasteiger partial charge in [0, 0.05) is 18.3 Å². The van der Waals surface area contributed by atoms with Crippen molar-refractivity contribution in [2.75, 3.05) is 45.2 Å². The first-order valence-electron chi connectivity index (χ1n) is 9.77. The molecule has 0 saturated heterocycles. The Morgan fingerprint density at radius 3 is 2.46 bits per heavy atom. The molecule has 0 amide bonds. The lowest BCUT2D eigenvalue weighted by atomic mass is 10.2. The predicted molar refractivity (Wildman–Crippen MR) is 111 cm³/mol. The zero-order chi connectivity index (χ0) is 20.4. The molecule has 2 aromatic rings. The Bertz CT molecular complexity index is 746. The fourth-order valence-electron chi connectivity index (χ4n) is 2.80. The van der Waals surface area contributed by atoms with Gasteiger partial charge in [-0.25, -0.2) is 14.8 Å². The van der Waals surface area contributed by atoms with Crippen molar-refractivity contribution in [3.05, 3.63) is 36.0 Å². The van der Waals surface area contributed by atoms with Gasteiger partial charge in [-0.15, -0.1) is 0 Å². The van der Waals surface area contributed by atoms with E-state index in [2.05, 4.69) is 34.0 Å². The van der Waals surface area contributed by atoms with Crippen LogP contribution >= 0.6 is 0 Å². The number of ether oxygens (including phenoxy) is 2. The van der Waals surface area contributed by atoms with Gasteiger partial charge in [0.25, 0.3) is 0 Å². The van der Waals surface area contributed by atoms with E-state index in [0.29, 0.717) is 30.4 Å². The van der Waals surface area contributed by atoms with E-state index in [1.165, 1.54) is 6.20 Å². The van der Waals surface area contributed by atoms with E-state index in [1.54, 1.807) is 14.0 Å². The number of nitrogens with zero attached hydrogens (tertiary/aromatic N) is 3. The predicted octanol–water partition coefficient (Wildman–Crippen LogP) is 3.47. The van der Waals surface area contributed by atoms with Gasteiger partial charge < -0.3 is 19.7 Å². The number of methoxy groups -OCH3 is 1. The summed E-state index contributed by atoms with van der Waals surface area (Å²) in [5.41, 5.74) is 1.20. The van der Waals surface area contributed by atoms with Crippen molar-refractivity contribution in [2.24, 2.45) is 0 Å². The summed E-state index contributed by atoms with van der Waals surface area (Å²) in [6.45, 7) is 10.2. The zero-order valence-corrected chi connectivity index (χ0v) is 17.2. The first kappa shape index (κ1) is 21.6. The smallest absolute Gasteiger partial charge is 0.343 e. The van der Waals surface area contributed by atoms with Gasteiger partial charge in [0.2, 0.25) is 0 Å². The van der Waals surface area contributed by atoms with Crippen LogP contribution in [0.5, 0.6) is 5.75 Å². The third-order valence-electron chi connectivity index (χ3n) is 4.47. The van der Waals surface area contributed by atoms with Crippen molar-refractivity contribution in [3.8, 4) is 17.1 Å². The van der Waals surface area contributed by atoms with Gasteiger partial charge >= 0.3 is 5.97 Å². The molecule has 7 nitrogen and oxygen atoms in total. The second kappa shape index (κ2) is 11.2. The Kier molecular flexibility index (Phi) is 8.68. The number of hydrogen-bond acceptors (Lipinski definition) is 7. The summed E-state index contributed by atoms with van der Waals surface area (Å²) in [5.74, 6) is 1.39. The molecule has 28 heavy (non-hydrogen) atoms. The van der Waals surface area contributed by atoms with Crippen LogP contribution in [-0.2, 0) is 4.74 Å². The van der Waals surface area contributed by atoms with Gasteiger partial charge in [0.05, 0.1) is 13.7 Å². The van der Waals surface area contributed by atoms with E-state index in [9.17, 15) is 4.79 Å². The van der Waals surface area contributed by atoms with Crippen molar-refractivity contribution in [3.63, 3.8) is 0 Å². The summed E-state index contributed by atoms with van der Waals surface area (Å²) >= 11 is 0. The summed E-state index contributed by atoms with van der Waals surface area (Å²) in [6.07, 6.45) is 2.48. The molecule has 0 spiro atoms. The lowest BCUT2D eigenvalue weighted by Gasteiger charge is -2.18. The Morgan fingerprint density at radius 1 is 1.14 bits per heavy atom. The van der Waals surface area contributed by atoms with Gasteiger partial charge in [-0.1, -0.05) is 13.8 Å². The highest BCUT2D eigenvalue weighted by atomic mass is 16.5. The molecule has 0 fully saturated rings. The monoisotopic (exact) mass is 386 g/mol. The van der Waals surface area contributed by atoms with E-state index in [0.717, 1.165) is 37.4 Å². The molecule has 0 unspecified atom stereocenters. The molecule has 0 saturated carbocycles. The van der Waals surface area contributed by atoms with Crippen LogP contribution in [0.25, 0.3) is 11.4 Å². The number of carbonyl (C=O) groups is 1. The van der Waals surface area contributed by atoms with Gasteiger partial charge in [-0.05, 0) is 57.2 Å². The van der Waals surface area contributed by atoms with Gasteiger partial charge in [0.15, 0.2) is 5.82 Å². The molecule has 1 heterocycles. The van der Waals surface area contributed by atoms with E-state index < -0.39 is 5.97 Å².